The van der Waals surface area contributed by atoms with Crippen LogP contribution in [0.5, 0.6) is 0 Å². The van der Waals surface area contributed by atoms with Crippen LogP contribution in [0.3, 0.4) is 0 Å². The van der Waals surface area contributed by atoms with Crippen LogP contribution >= 0.6 is 11.3 Å². The maximum Gasteiger partial charge on any atom is 0.241 e. The van der Waals surface area contributed by atoms with E-state index in [0.717, 1.165) is 18.7 Å². The van der Waals surface area contributed by atoms with Crippen molar-refractivity contribution in [1.29, 1.82) is 0 Å². The van der Waals surface area contributed by atoms with Crippen molar-refractivity contribution in [3.8, 4) is 22.5 Å². The van der Waals surface area contributed by atoms with E-state index in [1.165, 1.54) is 11.1 Å². The Morgan fingerprint density at radius 2 is 1.73 bits per heavy atom. The second-order valence-corrected chi connectivity index (χ2v) is 5.84. The summed E-state index contributed by atoms with van der Waals surface area (Å²) in [6.45, 7) is 6.91. The van der Waals surface area contributed by atoms with Gasteiger partial charge in [0, 0.05) is 5.56 Å². The molecule has 0 unspecified atom stereocenters. The van der Waals surface area contributed by atoms with E-state index in [-0.39, 0.29) is 0 Å². The van der Waals surface area contributed by atoms with Crippen molar-refractivity contribution in [3.05, 3.63) is 47.0 Å². The van der Waals surface area contributed by atoms with Gasteiger partial charge in [0.25, 0.3) is 0 Å². The van der Waals surface area contributed by atoms with Gasteiger partial charge in [-0.05, 0) is 41.0 Å². The van der Waals surface area contributed by atoms with Crippen molar-refractivity contribution in [2.24, 2.45) is 0 Å². The highest BCUT2D eigenvalue weighted by molar-refractivity contribution is 7.08. The zero-order valence-corrected chi connectivity index (χ0v) is 13.6. The molecule has 4 nitrogen and oxygen atoms in total. The van der Waals surface area contributed by atoms with E-state index in [0.29, 0.717) is 18.3 Å². The van der Waals surface area contributed by atoms with E-state index < -0.39 is 0 Å². The third-order valence-electron chi connectivity index (χ3n) is 3.72. The first-order valence-electron chi connectivity index (χ1n) is 7.48. The van der Waals surface area contributed by atoms with Crippen molar-refractivity contribution in [2.75, 3.05) is 13.1 Å². The van der Waals surface area contributed by atoms with Crippen molar-refractivity contribution in [1.82, 2.24) is 15.0 Å². The Kier molecular flexibility index (Phi) is 4.65. The average molecular weight is 313 g/mol. The molecule has 0 bridgehead atoms. The third kappa shape index (κ3) is 3.26. The van der Waals surface area contributed by atoms with Gasteiger partial charge in [-0.3, -0.25) is 4.90 Å². The summed E-state index contributed by atoms with van der Waals surface area (Å²) in [6.07, 6.45) is 0. The van der Waals surface area contributed by atoms with Crippen LogP contribution in [-0.2, 0) is 6.54 Å². The van der Waals surface area contributed by atoms with Crippen molar-refractivity contribution < 1.29 is 4.52 Å². The smallest absolute Gasteiger partial charge is 0.241 e. The van der Waals surface area contributed by atoms with Crippen molar-refractivity contribution >= 4 is 11.3 Å². The fourth-order valence-corrected chi connectivity index (χ4v) is 2.98. The molecule has 0 atom stereocenters. The number of nitrogens with zero attached hydrogens (tertiary/aromatic N) is 3. The number of hydrogen-bond acceptors (Lipinski definition) is 5. The maximum atomic E-state index is 5.35. The molecule has 22 heavy (non-hydrogen) atoms. The van der Waals surface area contributed by atoms with Crippen LogP contribution in [0.4, 0.5) is 0 Å². The average Bonchev–Trinajstić information content (AvgIpc) is 3.24. The third-order valence-corrected chi connectivity index (χ3v) is 4.40. The molecule has 114 valence electrons. The molecule has 5 heteroatoms. The Bertz CT molecular complexity index is 700. The van der Waals surface area contributed by atoms with E-state index in [1.54, 1.807) is 11.3 Å². The van der Waals surface area contributed by atoms with Gasteiger partial charge < -0.3 is 4.52 Å². The Morgan fingerprint density at radius 3 is 2.36 bits per heavy atom. The lowest BCUT2D eigenvalue weighted by atomic mass is 10.1. The molecule has 0 amide bonds. The zero-order chi connectivity index (χ0) is 15.4. The Morgan fingerprint density at radius 1 is 1.00 bits per heavy atom. The van der Waals surface area contributed by atoms with Gasteiger partial charge in [-0.2, -0.15) is 16.3 Å². The molecule has 3 rings (SSSR count). The summed E-state index contributed by atoms with van der Waals surface area (Å²) < 4.78 is 5.35. The largest absolute Gasteiger partial charge is 0.338 e. The number of hydrogen-bond donors (Lipinski definition) is 0. The first-order valence-corrected chi connectivity index (χ1v) is 8.42. The lowest BCUT2D eigenvalue weighted by molar-refractivity contribution is 0.246. The fraction of sp³-hybridized carbons (Fsp3) is 0.294. The van der Waals surface area contributed by atoms with Crippen LogP contribution < -0.4 is 0 Å². The lowest BCUT2D eigenvalue weighted by Crippen LogP contribution is -2.22. The highest BCUT2D eigenvalue weighted by Crippen LogP contribution is 2.25. The predicted octanol–water partition coefficient (Wildman–Crippen LogP) is 4.31. The zero-order valence-electron chi connectivity index (χ0n) is 12.8. The highest BCUT2D eigenvalue weighted by atomic mass is 32.1. The molecule has 0 spiro atoms. The quantitative estimate of drug-likeness (QED) is 0.680. The monoisotopic (exact) mass is 313 g/mol. The van der Waals surface area contributed by atoms with Gasteiger partial charge in [-0.1, -0.05) is 43.3 Å². The van der Waals surface area contributed by atoms with Crippen molar-refractivity contribution in [3.63, 3.8) is 0 Å². The molecule has 0 aliphatic carbocycles. The van der Waals surface area contributed by atoms with Crippen LogP contribution in [0.2, 0.25) is 0 Å². The van der Waals surface area contributed by atoms with Gasteiger partial charge in [0.15, 0.2) is 0 Å². The molecule has 0 radical (unpaired) electrons. The summed E-state index contributed by atoms with van der Waals surface area (Å²) in [5, 5.41) is 8.32. The number of aromatic nitrogens is 2. The predicted molar refractivity (Wildman–Crippen MR) is 89.7 cm³/mol. The summed E-state index contributed by atoms with van der Waals surface area (Å²) in [5.74, 6) is 1.32. The van der Waals surface area contributed by atoms with Gasteiger partial charge in [-0.15, -0.1) is 0 Å². The summed E-state index contributed by atoms with van der Waals surface area (Å²) in [6, 6.07) is 10.4. The molecular weight excluding hydrogens is 294 g/mol. The summed E-state index contributed by atoms with van der Waals surface area (Å²) in [7, 11) is 0. The molecule has 3 aromatic rings. The molecule has 0 saturated heterocycles. The van der Waals surface area contributed by atoms with E-state index in [9.17, 15) is 0 Å². The number of benzene rings is 1. The Labute approximate surface area is 134 Å². The molecule has 0 aliphatic rings. The summed E-state index contributed by atoms with van der Waals surface area (Å²) in [5.41, 5.74) is 3.43. The Hall–Kier alpha value is -1.98. The summed E-state index contributed by atoms with van der Waals surface area (Å²) in [4.78, 5) is 6.74. The van der Waals surface area contributed by atoms with E-state index in [2.05, 4.69) is 57.8 Å². The minimum Gasteiger partial charge on any atom is -0.338 e. The molecule has 0 N–H and O–H groups in total. The molecule has 2 heterocycles. The first-order chi connectivity index (χ1) is 10.8. The van der Waals surface area contributed by atoms with E-state index in [1.807, 2.05) is 12.1 Å². The fourth-order valence-electron chi connectivity index (χ4n) is 2.32. The number of thiophene rings is 1. The Balaban J connectivity index is 1.76. The molecule has 0 fully saturated rings. The van der Waals surface area contributed by atoms with Crippen LogP contribution in [-0.4, -0.2) is 28.1 Å². The minimum atomic E-state index is 0.652. The van der Waals surface area contributed by atoms with Gasteiger partial charge >= 0.3 is 0 Å². The van der Waals surface area contributed by atoms with Crippen LogP contribution in [0.25, 0.3) is 22.5 Å². The lowest BCUT2D eigenvalue weighted by Gasteiger charge is -2.14. The second-order valence-electron chi connectivity index (χ2n) is 5.06. The van der Waals surface area contributed by atoms with Crippen LogP contribution in [0.15, 0.2) is 45.6 Å². The van der Waals surface area contributed by atoms with Gasteiger partial charge in [-0.25, -0.2) is 0 Å². The maximum absolute atomic E-state index is 5.35. The van der Waals surface area contributed by atoms with Gasteiger partial charge in [0.2, 0.25) is 11.7 Å². The minimum absolute atomic E-state index is 0.652. The van der Waals surface area contributed by atoms with Gasteiger partial charge in [0.1, 0.15) is 0 Å². The number of rotatable bonds is 6. The standard InChI is InChI=1S/C17H19N3OS/c1-3-20(4-2)11-16-18-17(19-21-16)14-7-5-13(6-8-14)15-9-10-22-12-15/h5-10,12H,3-4,11H2,1-2H3. The normalized spacial score (nSPS) is 11.2. The van der Waals surface area contributed by atoms with E-state index in [4.69, 9.17) is 4.52 Å². The second kappa shape index (κ2) is 6.85. The van der Waals surface area contributed by atoms with Gasteiger partial charge in [0.05, 0.1) is 6.54 Å². The van der Waals surface area contributed by atoms with Crippen molar-refractivity contribution in [2.45, 2.75) is 20.4 Å². The highest BCUT2D eigenvalue weighted by Gasteiger charge is 2.11. The topological polar surface area (TPSA) is 42.2 Å². The van der Waals surface area contributed by atoms with Crippen LogP contribution in [0, 0.1) is 0 Å². The molecular formula is C17H19N3OS. The molecule has 0 saturated carbocycles. The SMILES string of the molecule is CCN(CC)Cc1nc(-c2ccc(-c3ccsc3)cc2)no1. The first kappa shape index (κ1) is 14.9. The van der Waals surface area contributed by atoms with Crippen LogP contribution in [0.1, 0.15) is 19.7 Å². The molecule has 2 aromatic heterocycles. The molecule has 1 aromatic carbocycles. The van der Waals surface area contributed by atoms with E-state index >= 15 is 0 Å². The molecule has 0 aliphatic heterocycles. The summed E-state index contributed by atoms with van der Waals surface area (Å²) >= 11 is 1.70.